The Morgan fingerprint density at radius 2 is 1.83 bits per heavy atom. The van der Waals surface area contributed by atoms with Gasteiger partial charge < -0.3 is 4.98 Å². The van der Waals surface area contributed by atoms with Crippen LogP contribution < -0.4 is 4.72 Å². The third kappa shape index (κ3) is 4.83. The number of aromatic amines is 1. The van der Waals surface area contributed by atoms with Crippen molar-refractivity contribution in [2.75, 3.05) is 10.5 Å². The fourth-order valence-electron chi connectivity index (χ4n) is 4.00. The van der Waals surface area contributed by atoms with E-state index in [0.717, 1.165) is 24.4 Å². The van der Waals surface area contributed by atoms with E-state index in [1.807, 2.05) is 0 Å². The number of carbonyl (C=O) groups is 1. The van der Waals surface area contributed by atoms with E-state index in [1.54, 1.807) is 31.6 Å². The second kappa shape index (κ2) is 9.38. The van der Waals surface area contributed by atoms with E-state index in [9.17, 15) is 17.6 Å². The molecule has 0 amide bonds. The van der Waals surface area contributed by atoms with Crippen LogP contribution in [0.1, 0.15) is 47.9 Å². The van der Waals surface area contributed by atoms with Gasteiger partial charge >= 0.3 is 0 Å². The number of hydrogen-bond acceptors (Lipinski definition) is 6. The zero-order chi connectivity index (χ0) is 25.4. The fourth-order valence-corrected chi connectivity index (χ4v) is 5.13. The van der Waals surface area contributed by atoms with E-state index < -0.39 is 38.7 Å². The van der Waals surface area contributed by atoms with Crippen molar-refractivity contribution in [1.29, 1.82) is 0 Å². The van der Waals surface area contributed by atoms with Gasteiger partial charge in [0.2, 0.25) is 15.8 Å². The number of fused-ring (bicyclic) bond motifs is 1. The van der Waals surface area contributed by atoms with Crippen LogP contribution in [0.2, 0.25) is 0 Å². The molecule has 0 spiro atoms. The van der Waals surface area contributed by atoms with Crippen molar-refractivity contribution in [2.45, 2.75) is 32.6 Å². The summed E-state index contributed by atoms with van der Waals surface area (Å²) in [6, 6.07) is 3.49. The third-order valence-corrected chi connectivity index (χ3v) is 7.52. The standard InChI is InChI=1S/C25H23F2N5O3S/c1-2-7-36(34,35)32-20-6-5-19(26)22(23(20)27)24(33)18-13-31-25-17(18)9-15(10-30-25)16-11-28-21(29-12-16)8-14-3-4-14/h5-6,9-14,32H,2-4,7-8H2,1H3,(H,30,31). The molecule has 5 rings (SSSR count). The molecule has 36 heavy (non-hydrogen) atoms. The molecule has 0 saturated heterocycles. The summed E-state index contributed by atoms with van der Waals surface area (Å²) in [5, 5.41) is 0.357. The van der Waals surface area contributed by atoms with Crippen LogP contribution in [0.15, 0.2) is 43.0 Å². The van der Waals surface area contributed by atoms with E-state index in [1.165, 1.54) is 19.0 Å². The molecule has 3 aromatic heterocycles. The van der Waals surface area contributed by atoms with Gasteiger partial charge in [0.1, 0.15) is 17.3 Å². The predicted molar refractivity (Wildman–Crippen MR) is 131 cm³/mol. The van der Waals surface area contributed by atoms with Gasteiger partial charge in [-0.2, -0.15) is 0 Å². The van der Waals surface area contributed by atoms with Crippen LogP contribution in [0.5, 0.6) is 0 Å². The lowest BCUT2D eigenvalue weighted by Crippen LogP contribution is -2.18. The lowest BCUT2D eigenvalue weighted by atomic mass is 10.0. The Balaban J connectivity index is 1.49. The Kier molecular flexibility index (Phi) is 6.25. The van der Waals surface area contributed by atoms with Crippen LogP contribution in [-0.2, 0) is 16.4 Å². The first kappa shape index (κ1) is 24.0. The summed E-state index contributed by atoms with van der Waals surface area (Å²) >= 11 is 0. The minimum absolute atomic E-state index is 0.00279. The molecule has 0 unspecified atom stereocenters. The third-order valence-electron chi connectivity index (χ3n) is 6.04. The van der Waals surface area contributed by atoms with E-state index in [-0.39, 0.29) is 11.3 Å². The van der Waals surface area contributed by atoms with Crippen LogP contribution in [0.3, 0.4) is 0 Å². The monoisotopic (exact) mass is 511 g/mol. The number of rotatable bonds is 9. The van der Waals surface area contributed by atoms with Crippen molar-refractivity contribution in [2.24, 2.45) is 5.92 Å². The number of hydrogen-bond donors (Lipinski definition) is 2. The van der Waals surface area contributed by atoms with Crippen molar-refractivity contribution < 1.29 is 22.0 Å². The number of aromatic nitrogens is 4. The van der Waals surface area contributed by atoms with Crippen molar-refractivity contribution in [3.05, 3.63) is 71.6 Å². The molecule has 0 atom stereocenters. The summed E-state index contributed by atoms with van der Waals surface area (Å²) in [6.45, 7) is 1.66. The number of carbonyl (C=O) groups excluding carboxylic acids is 1. The number of H-pyrrole nitrogens is 1. The predicted octanol–water partition coefficient (Wildman–Crippen LogP) is 4.63. The van der Waals surface area contributed by atoms with Gasteiger partial charge in [-0.15, -0.1) is 0 Å². The Hall–Kier alpha value is -3.73. The number of halogens is 2. The SMILES string of the molecule is CCCS(=O)(=O)Nc1ccc(F)c(C(=O)c2c[nH]c3ncc(-c4cnc(CC5CC5)nc4)cc23)c1F. The van der Waals surface area contributed by atoms with Gasteiger partial charge in [-0.1, -0.05) is 6.92 Å². The Labute approximate surface area is 206 Å². The van der Waals surface area contributed by atoms with Gasteiger partial charge in [-0.3, -0.25) is 9.52 Å². The summed E-state index contributed by atoms with van der Waals surface area (Å²) in [6.07, 6.45) is 9.85. The second-order valence-electron chi connectivity index (χ2n) is 8.89. The number of sulfonamides is 1. The first-order chi connectivity index (χ1) is 17.3. The number of ketones is 1. The van der Waals surface area contributed by atoms with E-state index in [2.05, 4.69) is 24.7 Å². The van der Waals surface area contributed by atoms with Crippen molar-refractivity contribution in [3.8, 4) is 11.1 Å². The van der Waals surface area contributed by atoms with E-state index >= 15 is 4.39 Å². The molecule has 3 heterocycles. The molecule has 1 saturated carbocycles. The van der Waals surface area contributed by atoms with Crippen molar-refractivity contribution in [3.63, 3.8) is 0 Å². The average molecular weight is 512 g/mol. The first-order valence-corrected chi connectivity index (χ1v) is 13.2. The van der Waals surface area contributed by atoms with Crippen molar-refractivity contribution in [1.82, 2.24) is 19.9 Å². The summed E-state index contributed by atoms with van der Waals surface area (Å²) < 4.78 is 56.1. The summed E-state index contributed by atoms with van der Waals surface area (Å²) in [4.78, 5) is 29.3. The average Bonchev–Trinajstić information content (AvgIpc) is 3.56. The summed E-state index contributed by atoms with van der Waals surface area (Å²) in [5.41, 5.74) is 0.330. The molecule has 1 fully saturated rings. The highest BCUT2D eigenvalue weighted by molar-refractivity contribution is 7.92. The number of pyridine rings is 1. The minimum Gasteiger partial charge on any atom is -0.345 e. The first-order valence-electron chi connectivity index (χ1n) is 11.6. The highest BCUT2D eigenvalue weighted by Gasteiger charge is 2.26. The van der Waals surface area contributed by atoms with Crippen LogP contribution in [0, 0.1) is 17.6 Å². The summed E-state index contributed by atoms with van der Waals surface area (Å²) in [5.74, 6) is -2.14. The fraction of sp³-hybridized carbons (Fsp3) is 0.280. The van der Waals surface area contributed by atoms with E-state index in [0.29, 0.717) is 34.5 Å². The van der Waals surface area contributed by atoms with Gasteiger partial charge in [-0.05, 0) is 43.4 Å². The zero-order valence-corrected chi connectivity index (χ0v) is 20.2. The molecule has 1 aliphatic rings. The van der Waals surface area contributed by atoms with Crippen LogP contribution in [0.25, 0.3) is 22.2 Å². The van der Waals surface area contributed by atoms with Crippen LogP contribution in [-0.4, -0.2) is 39.9 Å². The van der Waals surface area contributed by atoms with Crippen LogP contribution >= 0.6 is 0 Å². The Bertz CT molecular complexity index is 1560. The maximum Gasteiger partial charge on any atom is 0.232 e. The molecule has 1 aromatic carbocycles. The highest BCUT2D eigenvalue weighted by Crippen LogP contribution is 2.32. The van der Waals surface area contributed by atoms with Gasteiger partial charge in [-0.25, -0.2) is 32.2 Å². The number of nitrogens with zero attached hydrogens (tertiary/aromatic N) is 3. The molecule has 0 bridgehead atoms. The maximum absolute atomic E-state index is 15.2. The minimum atomic E-state index is -3.85. The number of anilines is 1. The summed E-state index contributed by atoms with van der Waals surface area (Å²) in [7, 11) is -3.85. The molecule has 11 heteroatoms. The molecule has 0 aliphatic heterocycles. The van der Waals surface area contributed by atoms with Crippen molar-refractivity contribution >= 4 is 32.5 Å². The molecule has 4 aromatic rings. The molecule has 8 nitrogen and oxygen atoms in total. The van der Waals surface area contributed by atoms with Gasteiger partial charge in [0.15, 0.2) is 5.82 Å². The Morgan fingerprint density at radius 1 is 1.11 bits per heavy atom. The normalized spacial score (nSPS) is 13.8. The van der Waals surface area contributed by atoms with Crippen LogP contribution in [0.4, 0.5) is 14.5 Å². The maximum atomic E-state index is 15.2. The van der Waals surface area contributed by atoms with Gasteiger partial charge in [0.25, 0.3) is 0 Å². The quantitative estimate of drug-likeness (QED) is 0.316. The lowest BCUT2D eigenvalue weighted by molar-refractivity contribution is 0.103. The molecular weight excluding hydrogens is 488 g/mol. The molecule has 1 aliphatic carbocycles. The molecular formula is C25H23F2N5O3S. The molecule has 186 valence electrons. The Morgan fingerprint density at radius 3 is 2.53 bits per heavy atom. The van der Waals surface area contributed by atoms with E-state index in [4.69, 9.17) is 0 Å². The zero-order valence-electron chi connectivity index (χ0n) is 19.4. The topological polar surface area (TPSA) is 118 Å². The number of nitrogens with one attached hydrogen (secondary N) is 2. The molecule has 0 radical (unpaired) electrons. The molecule has 2 N–H and O–H groups in total. The lowest BCUT2D eigenvalue weighted by Gasteiger charge is -2.11. The highest BCUT2D eigenvalue weighted by atomic mass is 32.2. The largest absolute Gasteiger partial charge is 0.345 e. The van der Waals surface area contributed by atoms with Gasteiger partial charge in [0.05, 0.1) is 17.0 Å². The van der Waals surface area contributed by atoms with Gasteiger partial charge in [0, 0.05) is 53.3 Å². The second-order valence-corrected chi connectivity index (χ2v) is 10.7. The number of benzene rings is 1. The smallest absolute Gasteiger partial charge is 0.232 e.